The molecular formula is C22H32N2O6S. The van der Waals surface area contributed by atoms with Crippen molar-refractivity contribution >= 4 is 16.1 Å². The Balaban J connectivity index is 1.39. The minimum atomic E-state index is -3.40. The van der Waals surface area contributed by atoms with Gasteiger partial charge in [-0.3, -0.25) is 0 Å². The van der Waals surface area contributed by atoms with Crippen molar-refractivity contribution in [2.45, 2.75) is 68.9 Å². The van der Waals surface area contributed by atoms with Crippen molar-refractivity contribution in [1.82, 2.24) is 9.62 Å². The van der Waals surface area contributed by atoms with Gasteiger partial charge in [-0.15, -0.1) is 0 Å². The molecule has 8 nitrogen and oxygen atoms in total. The van der Waals surface area contributed by atoms with Crippen LogP contribution < -0.4 is 4.72 Å². The van der Waals surface area contributed by atoms with Gasteiger partial charge in [-0.2, -0.15) is 0 Å². The highest BCUT2D eigenvalue weighted by molar-refractivity contribution is 7.88. The molecule has 2 fully saturated rings. The number of sulfonamides is 1. The first-order valence-electron chi connectivity index (χ1n) is 11.0. The maximum atomic E-state index is 12.3. The van der Waals surface area contributed by atoms with Gasteiger partial charge in [0.1, 0.15) is 0 Å². The van der Waals surface area contributed by atoms with Gasteiger partial charge in [0.15, 0.2) is 0 Å². The average molecular weight is 453 g/mol. The molecule has 1 N–H and O–H groups in total. The summed E-state index contributed by atoms with van der Waals surface area (Å²) < 4.78 is 43.8. The molecule has 1 saturated carbocycles. The fourth-order valence-corrected chi connectivity index (χ4v) is 6.10. The molecule has 1 aromatic rings. The smallest absolute Gasteiger partial charge is 0.409 e. The van der Waals surface area contributed by atoms with Crippen LogP contribution in [-0.2, 0) is 36.4 Å². The number of nitrogens with one attached hydrogen (secondary N) is 1. The van der Waals surface area contributed by atoms with Gasteiger partial charge in [0.2, 0.25) is 10.0 Å². The van der Waals surface area contributed by atoms with Crippen LogP contribution in [-0.4, -0.2) is 64.1 Å². The van der Waals surface area contributed by atoms with E-state index in [9.17, 15) is 13.2 Å². The molecule has 1 aliphatic carbocycles. The SMILES string of the molecule is COC(=O)N1CCC[C@@H](NS(C)(=O)=O)[C@H]1COC1CCC2(CC1)OCc1ccccc12. The predicted molar refractivity (Wildman–Crippen MR) is 115 cm³/mol. The first-order chi connectivity index (χ1) is 14.8. The molecule has 2 aliphatic heterocycles. The lowest BCUT2D eigenvalue weighted by Gasteiger charge is -2.42. The second-order valence-corrected chi connectivity index (χ2v) is 10.6. The normalized spacial score (nSPS) is 30.9. The van der Waals surface area contributed by atoms with E-state index in [1.165, 1.54) is 18.2 Å². The van der Waals surface area contributed by atoms with Gasteiger partial charge in [-0.25, -0.2) is 17.9 Å². The number of likely N-dealkylation sites (tertiary alicyclic amines) is 1. The number of amides is 1. The van der Waals surface area contributed by atoms with Crippen LogP contribution in [0, 0.1) is 0 Å². The van der Waals surface area contributed by atoms with Crippen LogP contribution in [0.3, 0.4) is 0 Å². The molecule has 3 aliphatic rings. The highest BCUT2D eigenvalue weighted by atomic mass is 32.2. The van der Waals surface area contributed by atoms with Crippen LogP contribution >= 0.6 is 0 Å². The monoisotopic (exact) mass is 452 g/mol. The molecule has 1 saturated heterocycles. The van der Waals surface area contributed by atoms with E-state index in [4.69, 9.17) is 14.2 Å². The van der Waals surface area contributed by atoms with Gasteiger partial charge >= 0.3 is 6.09 Å². The van der Waals surface area contributed by atoms with Crippen molar-refractivity contribution in [1.29, 1.82) is 0 Å². The summed E-state index contributed by atoms with van der Waals surface area (Å²) in [6.07, 6.45) is 5.63. The Bertz CT molecular complexity index is 897. The zero-order valence-electron chi connectivity index (χ0n) is 18.2. The van der Waals surface area contributed by atoms with Crippen molar-refractivity contribution in [2.75, 3.05) is 26.5 Å². The number of hydrogen-bond donors (Lipinski definition) is 1. The van der Waals surface area contributed by atoms with E-state index in [0.717, 1.165) is 31.9 Å². The number of fused-ring (bicyclic) bond motifs is 2. The summed E-state index contributed by atoms with van der Waals surface area (Å²) in [5, 5.41) is 0. The molecule has 0 radical (unpaired) electrons. The van der Waals surface area contributed by atoms with Crippen LogP contribution in [0.15, 0.2) is 24.3 Å². The van der Waals surface area contributed by atoms with Crippen LogP contribution in [0.5, 0.6) is 0 Å². The van der Waals surface area contributed by atoms with E-state index in [1.807, 2.05) is 6.07 Å². The maximum Gasteiger partial charge on any atom is 0.409 e. The standard InChI is InChI=1S/C22H32N2O6S/c1-28-21(25)24-13-5-8-19(23-31(2,26)27)20(24)15-29-17-9-11-22(12-10-17)18-7-4-3-6-16(18)14-30-22/h3-4,6-7,17,19-20,23H,5,8-15H2,1-2H3/t17?,19-,20-,22?/m1/s1. The second kappa shape index (κ2) is 9.05. The summed E-state index contributed by atoms with van der Waals surface area (Å²) >= 11 is 0. The number of nitrogens with zero attached hydrogens (tertiary/aromatic N) is 1. The summed E-state index contributed by atoms with van der Waals surface area (Å²) in [6, 6.07) is 7.64. The summed E-state index contributed by atoms with van der Waals surface area (Å²) in [6.45, 7) is 1.47. The molecule has 0 bridgehead atoms. The van der Waals surface area contributed by atoms with Crippen LogP contribution in [0.2, 0.25) is 0 Å². The molecule has 2 atom stereocenters. The lowest BCUT2D eigenvalue weighted by Crippen LogP contribution is -2.59. The van der Waals surface area contributed by atoms with Crippen molar-refractivity contribution < 1.29 is 27.4 Å². The van der Waals surface area contributed by atoms with Gasteiger partial charge in [0.25, 0.3) is 0 Å². The zero-order chi connectivity index (χ0) is 22.1. The summed E-state index contributed by atoms with van der Waals surface area (Å²) in [7, 11) is -2.06. The molecule has 1 amide bonds. The summed E-state index contributed by atoms with van der Waals surface area (Å²) in [4.78, 5) is 13.9. The van der Waals surface area contributed by atoms with E-state index in [1.54, 1.807) is 4.90 Å². The van der Waals surface area contributed by atoms with Crippen molar-refractivity contribution in [3.63, 3.8) is 0 Å². The molecule has 2 heterocycles. The number of carbonyl (C=O) groups is 1. The highest BCUT2D eigenvalue weighted by Gasteiger charge is 2.43. The summed E-state index contributed by atoms with van der Waals surface area (Å²) in [5.74, 6) is 0. The van der Waals surface area contributed by atoms with E-state index in [-0.39, 0.29) is 24.4 Å². The molecule has 1 aromatic carbocycles. The lowest BCUT2D eigenvalue weighted by molar-refractivity contribution is -0.102. The maximum absolute atomic E-state index is 12.3. The topological polar surface area (TPSA) is 94.2 Å². The number of methoxy groups -OCH3 is 1. The average Bonchev–Trinajstić information content (AvgIpc) is 3.10. The molecule has 0 unspecified atom stereocenters. The molecule has 172 valence electrons. The largest absolute Gasteiger partial charge is 0.453 e. The third-order valence-electron chi connectivity index (χ3n) is 6.81. The molecular weight excluding hydrogens is 420 g/mol. The van der Waals surface area contributed by atoms with E-state index in [2.05, 4.69) is 22.9 Å². The number of piperidine rings is 1. The van der Waals surface area contributed by atoms with Gasteiger partial charge < -0.3 is 19.1 Å². The number of carbonyl (C=O) groups excluding carboxylic acids is 1. The Kier molecular flexibility index (Phi) is 6.57. The third-order valence-corrected chi connectivity index (χ3v) is 7.54. The van der Waals surface area contributed by atoms with Gasteiger partial charge in [-0.05, 0) is 49.7 Å². The first-order valence-corrected chi connectivity index (χ1v) is 12.9. The van der Waals surface area contributed by atoms with Gasteiger partial charge in [0, 0.05) is 12.6 Å². The Labute approximate surface area is 184 Å². The third kappa shape index (κ3) is 4.89. The Hall–Kier alpha value is -1.68. The second-order valence-electron chi connectivity index (χ2n) is 8.84. The van der Waals surface area contributed by atoms with Crippen LogP contribution in [0.1, 0.15) is 49.7 Å². The van der Waals surface area contributed by atoms with Crippen molar-refractivity contribution in [3.05, 3.63) is 35.4 Å². The van der Waals surface area contributed by atoms with E-state index < -0.39 is 22.2 Å². The number of hydrogen-bond acceptors (Lipinski definition) is 6. The summed E-state index contributed by atoms with van der Waals surface area (Å²) in [5.41, 5.74) is 2.36. The molecule has 9 heteroatoms. The van der Waals surface area contributed by atoms with Crippen molar-refractivity contribution in [3.8, 4) is 0 Å². The Morgan fingerprint density at radius 3 is 2.71 bits per heavy atom. The molecule has 0 aromatic heterocycles. The van der Waals surface area contributed by atoms with Crippen LogP contribution in [0.4, 0.5) is 4.79 Å². The zero-order valence-corrected chi connectivity index (χ0v) is 19.0. The van der Waals surface area contributed by atoms with E-state index >= 15 is 0 Å². The molecule has 4 rings (SSSR count). The quantitative estimate of drug-likeness (QED) is 0.738. The van der Waals surface area contributed by atoms with Crippen LogP contribution in [0.25, 0.3) is 0 Å². The number of ether oxygens (including phenoxy) is 3. The predicted octanol–water partition coefficient (Wildman–Crippen LogP) is 2.52. The van der Waals surface area contributed by atoms with Crippen molar-refractivity contribution in [2.24, 2.45) is 0 Å². The van der Waals surface area contributed by atoms with E-state index in [0.29, 0.717) is 26.0 Å². The molecule has 31 heavy (non-hydrogen) atoms. The highest BCUT2D eigenvalue weighted by Crippen LogP contribution is 2.47. The Morgan fingerprint density at radius 1 is 1.26 bits per heavy atom. The Morgan fingerprint density at radius 2 is 2.00 bits per heavy atom. The lowest BCUT2D eigenvalue weighted by atomic mass is 9.78. The fraction of sp³-hybridized carbons (Fsp3) is 0.682. The minimum absolute atomic E-state index is 0.0577. The van der Waals surface area contributed by atoms with Gasteiger partial charge in [0.05, 0.1) is 44.3 Å². The first kappa shape index (κ1) is 22.5. The molecule has 1 spiro atoms. The fourth-order valence-electron chi connectivity index (χ4n) is 5.28. The van der Waals surface area contributed by atoms with Gasteiger partial charge in [-0.1, -0.05) is 24.3 Å². The number of benzene rings is 1. The minimum Gasteiger partial charge on any atom is -0.453 e. The number of rotatable bonds is 5.